The summed E-state index contributed by atoms with van der Waals surface area (Å²) in [5, 5.41) is 3.96. The molecule has 4 nitrogen and oxygen atoms in total. The highest BCUT2D eigenvalue weighted by atomic mass is 35.7. The van der Waals surface area contributed by atoms with E-state index in [1.807, 2.05) is 0 Å². The summed E-state index contributed by atoms with van der Waals surface area (Å²) in [6, 6.07) is 1.79. The molecule has 0 atom stereocenters. The standard InChI is InChI=1S/C9H13ClN2O2S/c10-15(13,14)9-6-7-12(11-9)8-4-2-1-3-5-8/h6-8H,1-5H2. The maximum absolute atomic E-state index is 11.0. The van der Waals surface area contributed by atoms with Crippen molar-refractivity contribution in [3.8, 4) is 0 Å². The third-order valence-corrected chi connectivity index (χ3v) is 3.97. The second-order valence-corrected chi connectivity index (χ2v) is 6.38. The van der Waals surface area contributed by atoms with Crippen molar-refractivity contribution in [1.82, 2.24) is 9.78 Å². The molecule has 0 amide bonds. The van der Waals surface area contributed by atoms with Gasteiger partial charge in [0, 0.05) is 16.9 Å². The Kier molecular flexibility index (Phi) is 3.02. The first-order chi connectivity index (χ1) is 7.07. The van der Waals surface area contributed by atoms with Gasteiger partial charge in [0.05, 0.1) is 6.04 Å². The summed E-state index contributed by atoms with van der Waals surface area (Å²) in [5.74, 6) is 0. The number of hydrogen-bond acceptors (Lipinski definition) is 3. The van der Waals surface area contributed by atoms with E-state index < -0.39 is 9.05 Å². The van der Waals surface area contributed by atoms with Gasteiger partial charge in [-0.1, -0.05) is 19.3 Å². The summed E-state index contributed by atoms with van der Waals surface area (Å²) in [4.78, 5) is 0. The molecule has 0 N–H and O–H groups in total. The zero-order valence-electron chi connectivity index (χ0n) is 8.26. The van der Waals surface area contributed by atoms with E-state index >= 15 is 0 Å². The minimum absolute atomic E-state index is 0.0465. The van der Waals surface area contributed by atoms with Crippen LogP contribution >= 0.6 is 10.7 Å². The predicted octanol–water partition coefficient (Wildman–Crippen LogP) is 2.32. The minimum atomic E-state index is -3.68. The second kappa shape index (κ2) is 4.14. The van der Waals surface area contributed by atoms with Gasteiger partial charge in [0.15, 0.2) is 5.03 Å². The molecule has 0 unspecified atom stereocenters. The SMILES string of the molecule is O=S(=O)(Cl)c1ccn(C2CCCCC2)n1. The van der Waals surface area contributed by atoms with Crippen molar-refractivity contribution >= 4 is 19.7 Å². The van der Waals surface area contributed by atoms with Crippen molar-refractivity contribution in [2.24, 2.45) is 0 Å². The van der Waals surface area contributed by atoms with Crippen molar-refractivity contribution in [2.45, 2.75) is 43.2 Å². The summed E-state index contributed by atoms with van der Waals surface area (Å²) in [6.45, 7) is 0. The van der Waals surface area contributed by atoms with Crippen LogP contribution in [0.3, 0.4) is 0 Å². The van der Waals surface area contributed by atoms with E-state index in [0.29, 0.717) is 6.04 Å². The molecule has 15 heavy (non-hydrogen) atoms. The highest BCUT2D eigenvalue weighted by molar-refractivity contribution is 8.13. The maximum atomic E-state index is 11.0. The molecule has 0 aromatic carbocycles. The van der Waals surface area contributed by atoms with Gasteiger partial charge in [0.2, 0.25) is 0 Å². The van der Waals surface area contributed by atoms with E-state index in [1.165, 1.54) is 25.3 Å². The third kappa shape index (κ3) is 2.52. The first-order valence-corrected chi connectivity index (χ1v) is 7.38. The number of hydrogen-bond donors (Lipinski definition) is 0. The molecule has 84 valence electrons. The summed E-state index contributed by atoms with van der Waals surface area (Å²) >= 11 is 0. The topological polar surface area (TPSA) is 52.0 Å². The first kappa shape index (κ1) is 11.0. The molecule has 0 spiro atoms. The lowest BCUT2D eigenvalue weighted by atomic mass is 9.96. The molecule has 0 bridgehead atoms. The van der Waals surface area contributed by atoms with E-state index in [1.54, 1.807) is 10.9 Å². The second-order valence-electron chi connectivity index (χ2n) is 3.86. The molecular weight excluding hydrogens is 236 g/mol. The smallest absolute Gasteiger partial charge is 0.268 e. The Balaban J connectivity index is 2.19. The van der Waals surface area contributed by atoms with Gasteiger partial charge in [-0.05, 0) is 18.9 Å². The van der Waals surface area contributed by atoms with Gasteiger partial charge < -0.3 is 0 Å². The fourth-order valence-corrected chi connectivity index (χ4v) is 2.66. The molecule has 1 heterocycles. The highest BCUT2D eigenvalue weighted by Crippen LogP contribution is 2.28. The normalized spacial score (nSPS) is 19.3. The van der Waals surface area contributed by atoms with Gasteiger partial charge in [0.1, 0.15) is 0 Å². The largest absolute Gasteiger partial charge is 0.280 e. The van der Waals surface area contributed by atoms with Crippen LogP contribution < -0.4 is 0 Å². The molecule has 1 saturated carbocycles. The van der Waals surface area contributed by atoms with E-state index in [0.717, 1.165) is 12.8 Å². The lowest BCUT2D eigenvalue weighted by Crippen LogP contribution is -2.13. The fourth-order valence-electron chi connectivity index (χ4n) is 2.00. The number of rotatable bonds is 2. The van der Waals surface area contributed by atoms with E-state index in [-0.39, 0.29) is 5.03 Å². The lowest BCUT2D eigenvalue weighted by Gasteiger charge is -2.21. The van der Waals surface area contributed by atoms with Crippen molar-refractivity contribution < 1.29 is 8.42 Å². The summed E-state index contributed by atoms with van der Waals surface area (Å²) in [7, 11) is 1.53. The molecule has 1 fully saturated rings. The number of aromatic nitrogens is 2. The van der Waals surface area contributed by atoms with Crippen molar-refractivity contribution in [3.63, 3.8) is 0 Å². The van der Waals surface area contributed by atoms with Crippen LogP contribution in [0, 0.1) is 0 Å². The van der Waals surface area contributed by atoms with Gasteiger partial charge in [-0.3, -0.25) is 4.68 Å². The van der Waals surface area contributed by atoms with Crippen molar-refractivity contribution in [1.29, 1.82) is 0 Å². The van der Waals surface area contributed by atoms with Gasteiger partial charge in [0.25, 0.3) is 9.05 Å². The maximum Gasteiger partial charge on any atom is 0.280 e. The first-order valence-electron chi connectivity index (χ1n) is 5.07. The summed E-state index contributed by atoms with van der Waals surface area (Å²) in [6.07, 6.45) is 7.48. The highest BCUT2D eigenvalue weighted by Gasteiger charge is 2.19. The molecule has 1 aliphatic rings. The Morgan fingerprint density at radius 1 is 1.33 bits per heavy atom. The summed E-state index contributed by atoms with van der Waals surface area (Å²) < 4.78 is 23.8. The van der Waals surface area contributed by atoms with Crippen LogP contribution in [-0.2, 0) is 9.05 Å². The molecule has 0 radical (unpaired) electrons. The molecule has 2 rings (SSSR count). The van der Waals surface area contributed by atoms with Crippen LogP contribution in [0.25, 0.3) is 0 Å². The monoisotopic (exact) mass is 248 g/mol. The third-order valence-electron chi connectivity index (χ3n) is 2.78. The van der Waals surface area contributed by atoms with Crippen LogP contribution in [-0.4, -0.2) is 18.2 Å². The zero-order valence-corrected chi connectivity index (χ0v) is 9.84. The molecular formula is C9H13ClN2O2S. The Morgan fingerprint density at radius 3 is 2.53 bits per heavy atom. The van der Waals surface area contributed by atoms with Gasteiger partial charge >= 0.3 is 0 Å². The molecule has 1 aromatic heterocycles. The van der Waals surface area contributed by atoms with Crippen LogP contribution in [0.1, 0.15) is 38.1 Å². The number of halogens is 1. The van der Waals surface area contributed by atoms with Gasteiger partial charge in [-0.2, -0.15) is 5.10 Å². The average Bonchev–Trinajstić information content (AvgIpc) is 2.67. The summed E-state index contributed by atoms with van der Waals surface area (Å²) in [5.41, 5.74) is 0. The Hall–Kier alpha value is -0.550. The minimum Gasteiger partial charge on any atom is -0.268 e. The van der Waals surface area contributed by atoms with E-state index in [4.69, 9.17) is 10.7 Å². The molecule has 6 heteroatoms. The molecule has 0 saturated heterocycles. The van der Waals surface area contributed by atoms with Gasteiger partial charge in [-0.15, -0.1) is 0 Å². The van der Waals surface area contributed by atoms with Crippen LogP contribution in [0.4, 0.5) is 0 Å². The quantitative estimate of drug-likeness (QED) is 0.755. The zero-order chi connectivity index (χ0) is 10.9. The lowest BCUT2D eigenvalue weighted by molar-refractivity contribution is 0.326. The van der Waals surface area contributed by atoms with Crippen molar-refractivity contribution in [3.05, 3.63) is 12.3 Å². The van der Waals surface area contributed by atoms with Crippen LogP contribution in [0.15, 0.2) is 17.3 Å². The van der Waals surface area contributed by atoms with Crippen molar-refractivity contribution in [2.75, 3.05) is 0 Å². The molecule has 1 aromatic rings. The Labute approximate surface area is 93.7 Å². The van der Waals surface area contributed by atoms with Gasteiger partial charge in [-0.25, -0.2) is 8.42 Å². The fraction of sp³-hybridized carbons (Fsp3) is 0.667. The Morgan fingerprint density at radius 2 is 2.00 bits per heavy atom. The molecule has 0 aliphatic heterocycles. The average molecular weight is 249 g/mol. The van der Waals surface area contributed by atoms with Crippen LogP contribution in [0.5, 0.6) is 0 Å². The van der Waals surface area contributed by atoms with E-state index in [9.17, 15) is 8.42 Å². The Bertz CT molecular complexity index is 435. The predicted molar refractivity (Wildman–Crippen MR) is 57.4 cm³/mol. The molecule has 1 aliphatic carbocycles. The number of nitrogens with zero attached hydrogens (tertiary/aromatic N) is 2. The van der Waals surface area contributed by atoms with Crippen LogP contribution in [0.2, 0.25) is 0 Å². The van der Waals surface area contributed by atoms with E-state index in [2.05, 4.69) is 5.10 Å².